The summed E-state index contributed by atoms with van der Waals surface area (Å²) in [5, 5.41) is -0.507. The number of halogens is 1. The van der Waals surface area contributed by atoms with E-state index in [1.807, 2.05) is 17.2 Å². The Bertz CT molecular complexity index is 880. The Labute approximate surface area is 180 Å². The summed E-state index contributed by atoms with van der Waals surface area (Å²) < 4.78 is 13.2. The van der Waals surface area contributed by atoms with Crippen molar-refractivity contribution in [1.82, 2.24) is 19.7 Å². The topological polar surface area (TPSA) is 56.8 Å². The molecule has 1 aromatic carbocycles. The van der Waals surface area contributed by atoms with Crippen molar-refractivity contribution in [2.75, 3.05) is 38.5 Å². The molecule has 0 aliphatic carbocycles. The molecule has 2 aromatic rings. The Morgan fingerprint density at radius 3 is 2.67 bits per heavy atom. The van der Waals surface area contributed by atoms with E-state index in [9.17, 15) is 14.0 Å². The molecule has 6 nitrogen and oxygen atoms in total. The van der Waals surface area contributed by atoms with Crippen LogP contribution in [0.5, 0.6) is 0 Å². The lowest BCUT2D eigenvalue weighted by atomic mass is 10.2. The summed E-state index contributed by atoms with van der Waals surface area (Å²) >= 11 is 1.51. The van der Waals surface area contributed by atoms with Crippen LogP contribution in [0, 0.1) is 5.82 Å². The number of thioether (sulfide) groups is 1. The second-order valence-corrected chi connectivity index (χ2v) is 8.73. The van der Waals surface area contributed by atoms with Crippen LogP contribution >= 0.6 is 11.8 Å². The lowest BCUT2D eigenvalue weighted by Crippen LogP contribution is -2.47. The standard InChI is InChI=1S/C22H25FN4O2S/c23-19-6-4-18(5-7-19)20(28)27-13-14-30-22(27)21(29)26-10-2-9-25(11-12-26)16-17-3-1-8-24-15-17/h1,3-8,15,22H,2,9-14,16H2. The van der Waals surface area contributed by atoms with E-state index in [-0.39, 0.29) is 17.6 Å². The number of benzene rings is 1. The van der Waals surface area contributed by atoms with E-state index in [2.05, 4.69) is 16.0 Å². The Kier molecular flexibility index (Phi) is 6.64. The average Bonchev–Trinajstić information content (AvgIpc) is 3.14. The van der Waals surface area contributed by atoms with Gasteiger partial charge in [-0.2, -0.15) is 0 Å². The molecule has 2 aliphatic rings. The van der Waals surface area contributed by atoms with Crippen LogP contribution in [-0.4, -0.2) is 75.3 Å². The van der Waals surface area contributed by atoms with Gasteiger partial charge < -0.3 is 9.80 Å². The second kappa shape index (κ2) is 9.57. The van der Waals surface area contributed by atoms with E-state index < -0.39 is 5.37 Å². The molecule has 2 fully saturated rings. The van der Waals surface area contributed by atoms with Crippen LogP contribution in [-0.2, 0) is 11.3 Å². The molecule has 3 heterocycles. The summed E-state index contributed by atoms with van der Waals surface area (Å²) in [6, 6.07) is 9.51. The molecule has 4 rings (SSSR count). The molecule has 8 heteroatoms. The Morgan fingerprint density at radius 2 is 1.90 bits per heavy atom. The van der Waals surface area contributed by atoms with Crippen LogP contribution in [0.4, 0.5) is 4.39 Å². The Morgan fingerprint density at radius 1 is 1.07 bits per heavy atom. The average molecular weight is 429 g/mol. The van der Waals surface area contributed by atoms with Gasteiger partial charge in [-0.25, -0.2) is 4.39 Å². The first kappa shape index (κ1) is 20.8. The summed E-state index contributed by atoms with van der Waals surface area (Å²) in [6.45, 7) is 4.41. The molecule has 0 saturated carbocycles. The second-order valence-electron chi connectivity index (χ2n) is 7.54. The van der Waals surface area contributed by atoms with Crippen LogP contribution in [0.2, 0.25) is 0 Å². The van der Waals surface area contributed by atoms with Crippen molar-refractivity contribution in [3.8, 4) is 0 Å². The van der Waals surface area contributed by atoms with Gasteiger partial charge in [-0.1, -0.05) is 6.07 Å². The molecule has 2 amide bonds. The third-order valence-electron chi connectivity index (χ3n) is 5.48. The maximum atomic E-state index is 13.2. The van der Waals surface area contributed by atoms with Crippen molar-refractivity contribution >= 4 is 23.6 Å². The van der Waals surface area contributed by atoms with Crippen LogP contribution < -0.4 is 0 Å². The van der Waals surface area contributed by atoms with Crippen LogP contribution in [0.25, 0.3) is 0 Å². The first-order valence-electron chi connectivity index (χ1n) is 10.2. The monoisotopic (exact) mass is 428 g/mol. The number of carbonyl (C=O) groups is 2. The highest BCUT2D eigenvalue weighted by Gasteiger charge is 2.38. The highest BCUT2D eigenvalue weighted by Crippen LogP contribution is 2.28. The summed E-state index contributed by atoms with van der Waals surface area (Å²) in [5.74, 6) is 0.127. The molecule has 2 aliphatic heterocycles. The third kappa shape index (κ3) is 4.82. The normalized spacial score (nSPS) is 20.2. The van der Waals surface area contributed by atoms with Gasteiger partial charge in [0.2, 0.25) is 0 Å². The van der Waals surface area contributed by atoms with Gasteiger partial charge in [-0.15, -0.1) is 11.8 Å². The van der Waals surface area contributed by atoms with Crippen LogP contribution in [0.1, 0.15) is 22.3 Å². The number of amides is 2. The number of aromatic nitrogens is 1. The number of rotatable bonds is 4. The predicted molar refractivity (Wildman–Crippen MR) is 114 cm³/mol. The van der Waals surface area contributed by atoms with Gasteiger partial charge in [0, 0.05) is 63.0 Å². The number of carbonyl (C=O) groups excluding carboxylic acids is 2. The van der Waals surface area contributed by atoms with Gasteiger partial charge in [0.05, 0.1) is 0 Å². The van der Waals surface area contributed by atoms with Crippen LogP contribution in [0.3, 0.4) is 0 Å². The maximum absolute atomic E-state index is 13.2. The van der Waals surface area contributed by atoms with E-state index in [1.165, 1.54) is 41.6 Å². The third-order valence-corrected chi connectivity index (χ3v) is 6.67. The predicted octanol–water partition coefficient (Wildman–Crippen LogP) is 2.47. The molecule has 0 spiro atoms. The molecular formula is C22H25FN4O2S. The van der Waals surface area contributed by atoms with Crippen molar-refractivity contribution in [3.63, 3.8) is 0 Å². The minimum absolute atomic E-state index is 0.00353. The summed E-state index contributed by atoms with van der Waals surface area (Å²) in [4.78, 5) is 36.1. The van der Waals surface area contributed by atoms with Crippen molar-refractivity contribution in [1.29, 1.82) is 0 Å². The van der Waals surface area contributed by atoms with Crippen molar-refractivity contribution < 1.29 is 14.0 Å². The van der Waals surface area contributed by atoms with Gasteiger partial charge in [0.1, 0.15) is 5.82 Å². The molecule has 0 radical (unpaired) electrons. The lowest BCUT2D eigenvalue weighted by Gasteiger charge is -2.29. The van der Waals surface area contributed by atoms with Crippen LogP contribution in [0.15, 0.2) is 48.8 Å². The number of hydrogen-bond acceptors (Lipinski definition) is 5. The van der Waals surface area contributed by atoms with Crippen molar-refractivity contribution in [3.05, 3.63) is 65.7 Å². The molecule has 1 aromatic heterocycles. The van der Waals surface area contributed by atoms with Crippen molar-refractivity contribution in [2.24, 2.45) is 0 Å². The fourth-order valence-electron chi connectivity index (χ4n) is 3.90. The molecule has 158 valence electrons. The van der Waals surface area contributed by atoms with Gasteiger partial charge >= 0.3 is 0 Å². The van der Waals surface area contributed by atoms with E-state index in [0.29, 0.717) is 25.2 Å². The largest absolute Gasteiger partial charge is 0.339 e. The van der Waals surface area contributed by atoms with Gasteiger partial charge in [-0.05, 0) is 42.3 Å². The fraction of sp³-hybridized carbons (Fsp3) is 0.409. The van der Waals surface area contributed by atoms with E-state index in [4.69, 9.17) is 0 Å². The molecule has 2 saturated heterocycles. The molecule has 0 N–H and O–H groups in total. The SMILES string of the molecule is O=C(C1SCCN1C(=O)c1ccc(F)cc1)N1CCCN(Cc2cccnc2)CC1. The first-order chi connectivity index (χ1) is 14.6. The minimum atomic E-state index is -0.507. The number of pyridine rings is 1. The smallest absolute Gasteiger partial charge is 0.255 e. The zero-order chi connectivity index (χ0) is 20.9. The number of hydrogen-bond donors (Lipinski definition) is 0. The molecule has 1 atom stereocenters. The zero-order valence-electron chi connectivity index (χ0n) is 16.7. The molecule has 0 bridgehead atoms. The Hall–Kier alpha value is -2.45. The summed E-state index contributed by atoms with van der Waals surface area (Å²) in [5.41, 5.74) is 1.58. The zero-order valence-corrected chi connectivity index (χ0v) is 17.6. The Balaban J connectivity index is 1.38. The van der Waals surface area contributed by atoms with Crippen molar-refractivity contribution in [2.45, 2.75) is 18.3 Å². The molecule has 1 unspecified atom stereocenters. The maximum Gasteiger partial charge on any atom is 0.255 e. The van der Waals surface area contributed by atoms with E-state index in [0.717, 1.165) is 31.8 Å². The van der Waals surface area contributed by atoms with Gasteiger partial charge in [0.25, 0.3) is 11.8 Å². The highest BCUT2D eigenvalue weighted by atomic mass is 32.2. The highest BCUT2D eigenvalue weighted by molar-refractivity contribution is 8.00. The molecular weight excluding hydrogens is 403 g/mol. The molecule has 30 heavy (non-hydrogen) atoms. The number of nitrogens with zero attached hydrogens (tertiary/aromatic N) is 4. The summed E-state index contributed by atoms with van der Waals surface area (Å²) in [6.07, 6.45) is 4.54. The first-order valence-corrected chi connectivity index (χ1v) is 11.2. The quantitative estimate of drug-likeness (QED) is 0.749. The fourth-order valence-corrected chi connectivity index (χ4v) is 5.09. The minimum Gasteiger partial charge on any atom is -0.339 e. The van der Waals surface area contributed by atoms with E-state index in [1.54, 1.807) is 11.1 Å². The van der Waals surface area contributed by atoms with Gasteiger partial charge in [-0.3, -0.25) is 19.5 Å². The lowest BCUT2D eigenvalue weighted by molar-refractivity contribution is -0.132. The summed E-state index contributed by atoms with van der Waals surface area (Å²) in [7, 11) is 0. The van der Waals surface area contributed by atoms with Gasteiger partial charge in [0.15, 0.2) is 5.37 Å². The van der Waals surface area contributed by atoms with E-state index >= 15 is 0 Å².